The van der Waals surface area contributed by atoms with Gasteiger partial charge >= 0.3 is 0 Å². The van der Waals surface area contributed by atoms with Gasteiger partial charge < -0.3 is 0 Å². The van der Waals surface area contributed by atoms with Crippen molar-refractivity contribution in [2.24, 2.45) is 0 Å². The van der Waals surface area contributed by atoms with Crippen LogP contribution in [0.5, 0.6) is 0 Å². The summed E-state index contributed by atoms with van der Waals surface area (Å²) in [7, 11) is 0. The van der Waals surface area contributed by atoms with Crippen LogP contribution in [0.3, 0.4) is 0 Å². The van der Waals surface area contributed by atoms with Crippen LogP contribution < -0.4 is 0 Å². The van der Waals surface area contributed by atoms with E-state index in [1.807, 2.05) is 72.8 Å². The van der Waals surface area contributed by atoms with E-state index in [1.54, 1.807) is 0 Å². The van der Waals surface area contributed by atoms with Crippen molar-refractivity contribution < 1.29 is 0 Å². The molecule has 0 saturated heterocycles. The first kappa shape index (κ1) is 22.9. The van der Waals surface area contributed by atoms with Crippen LogP contribution in [0.2, 0.25) is 5.02 Å². The standard InChI is InChI=1S/C34H23ClN2/c35-30-21-11-19-28(23-30)27-18-10-20-29(22-27)34-33(26-16-8-3-9-17-26)36-31(24-12-4-1-5-13-24)32(37-34)25-14-6-2-7-15-25/h1-23H. The number of benzene rings is 5. The van der Waals surface area contributed by atoms with Crippen LogP contribution in [0, 0.1) is 0 Å². The summed E-state index contributed by atoms with van der Waals surface area (Å²) in [4.78, 5) is 10.6. The molecule has 0 radical (unpaired) electrons. The Hall–Kier alpha value is -4.53. The maximum atomic E-state index is 6.30. The average molecular weight is 495 g/mol. The molecule has 1 heterocycles. The van der Waals surface area contributed by atoms with Crippen molar-refractivity contribution in [3.8, 4) is 56.2 Å². The van der Waals surface area contributed by atoms with Gasteiger partial charge in [-0.05, 0) is 29.3 Å². The molecule has 0 aliphatic heterocycles. The van der Waals surface area contributed by atoms with Crippen LogP contribution in [-0.4, -0.2) is 9.97 Å². The molecule has 1 aromatic heterocycles. The second-order valence-corrected chi connectivity index (χ2v) is 9.24. The van der Waals surface area contributed by atoms with Crippen LogP contribution in [0.15, 0.2) is 140 Å². The van der Waals surface area contributed by atoms with Crippen molar-refractivity contribution >= 4 is 11.6 Å². The van der Waals surface area contributed by atoms with Gasteiger partial charge in [0.15, 0.2) is 0 Å². The molecule has 5 aromatic carbocycles. The lowest BCUT2D eigenvalue weighted by molar-refractivity contribution is 1.21. The van der Waals surface area contributed by atoms with Gasteiger partial charge in [-0.2, -0.15) is 0 Å². The molecule has 0 aliphatic rings. The number of aromatic nitrogens is 2. The molecule has 0 fully saturated rings. The van der Waals surface area contributed by atoms with E-state index in [1.165, 1.54) is 0 Å². The van der Waals surface area contributed by atoms with E-state index >= 15 is 0 Å². The molecule has 3 heteroatoms. The molecule has 6 rings (SSSR count). The number of rotatable bonds is 5. The fourth-order valence-electron chi connectivity index (χ4n) is 4.54. The van der Waals surface area contributed by atoms with Crippen molar-refractivity contribution in [3.63, 3.8) is 0 Å². The Morgan fingerprint density at radius 2 is 0.676 bits per heavy atom. The lowest BCUT2D eigenvalue weighted by atomic mass is 9.97. The number of hydrogen-bond acceptors (Lipinski definition) is 2. The largest absolute Gasteiger partial charge is 0.243 e. The van der Waals surface area contributed by atoms with E-state index in [0.717, 1.165) is 56.2 Å². The summed E-state index contributed by atoms with van der Waals surface area (Å²) in [6.45, 7) is 0. The minimum absolute atomic E-state index is 0.714. The summed E-state index contributed by atoms with van der Waals surface area (Å²) >= 11 is 6.30. The number of hydrogen-bond donors (Lipinski definition) is 0. The highest BCUT2D eigenvalue weighted by molar-refractivity contribution is 6.30. The molecule has 6 aromatic rings. The fourth-order valence-corrected chi connectivity index (χ4v) is 4.73. The average Bonchev–Trinajstić information content (AvgIpc) is 2.98. The molecule has 0 amide bonds. The van der Waals surface area contributed by atoms with Gasteiger partial charge in [0.2, 0.25) is 0 Å². The highest BCUT2D eigenvalue weighted by atomic mass is 35.5. The molecular formula is C34H23ClN2. The fraction of sp³-hybridized carbons (Fsp3) is 0. The SMILES string of the molecule is Clc1cccc(-c2cccc(-c3nc(-c4ccccc4)c(-c4ccccc4)nc3-c3ccccc3)c2)c1. The molecule has 0 N–H and O–H groups in total. The van der Waals surface area contributed by atoms with Crippen molar-refractivity contribution in [2.75, 3.05) is 0 Å². The van der Waals surface area contributed by atoms with Crippen molar-refractivity contribution in [2.45, 2.75) is 0 Å². The van der Waals surface area contributed by atoms with Gasteiger partial charge in [-0.25, -0.2) is 9.97 Å². The van der Waals surface area contributed by atoms with E-state index in [0.29, 0.717) is 5.02 Å². The molecule has 0 unspecified atom stereocenters. The summed E-state index contributed by atoms with van der Waals surface area (Å²) < 4.78 is 0. The van der Waals surface area contributed by atoms with Gasteiger partial charge in [-0.15, -0.1) is 0 Å². The van der Waals surface area contributed by atoms with E-state index in [-0.39, 0.29) is 0 Å². The van der Waals surface area contributed by atoms with E-state index < -0.39 is 0 Å². The Kier molecular flexibility index (Phi) is 6.33. The molecule has 0 bridgehead atoms. The van der Waals surface area contributed by atoms with E-state index in [9.17, 15) is 0 Å². The molecule has 0 aliphatic carbocycles. The molecule has 0 spiro atoms. The third kappa shape index (κ3) is 4.80. The Morgan fingerprint density at radius 3 is 1.14 bits per heavy atom. The van der Waals surface area contributed by atoms with Crippen LogP contribution in [0.25, 0.3) is 56.2 Å². The van der Waals surface area contributed by atoms with Crippen molar-refractivity contribution in [1.82, 2.24) is 9.97 Å². The second kappa shape index (κ2) is 10.2. The molecule has 0 atom stereocenters. The van der Waals surface area contributed by atoms with Gasteiger partial charge in [0.25, 0.3) is 0 Å². The second-order valence-electron chi connectivity index (χ2n) is 8.81. The highest BCUT2D eigenvalue weighted by Gasteiger charge is 2.19. The minimum atomic E-state index is 0.714. The Morgan fingerprint density at radius 1 is 0.324 bits per heavy atom. The normalized spacial score (nSPS) is 10.8. The maximum Gasteiger partial charge on any atom is 0.0973 e. The maximum absolute atomic E-state index is 6.30. The van der Waals surface area contributed by atoms with Crippen molar-refractivity contribution in [3.05, 3.63) is 145 Å². The van der Waals surface area contributed by atoms with Gasteiger partial charge in [0.05, 0.1) is 22.8 Å². The molecular weight excluding hydrogens is 472 g/mol. The van der Waals surface area contributed by atoms with Crippen LogP contribution in [0.1, 0.15) is 0 Å². The first-order valence-electron chi connectivity index (χ1n) is 12.2. The first-order chi connectivity index (χ1) is 18.3. The van der Waals surface area contributed by atoms with Gasteiger partial charge in [0, 0.05) is 27.3 Å². The summed E-state index contributed by atoms with van der Waals surface area (Å²) in [6.07, 6.45) is 0. The van der Waals surface area contributed by atoms with E-state index in [4.69, 9.17) is 21.6 Å². The Balaban J connectivity index is 1.63. The quantitative estimate of drug-likeness (QED) is 0.238. The lowest BCUT2D eigenvalue weighted by Gasteiger charge is -2.16. The molecule has 0 saturated carbocycles. The predicted octanol–water partition coefficient (Wildman–Crippen LogP) is 9.46. The van der Waals surface area contributed by atoms with Crippen LogP contribution in [-0.2, 0) is 0 Å². The minimum Gasteiger partial charge on any atom is -0.243 e. The first-order valence-corrected chi connectivity index (χ1v) is 12.6. The number of halogens is 1. The van der Waals surface area contributed by atoms with Gasteiger partial charge in [-0.3, -0.25) is 0 Å². The third-order valence-electron chi connectivity index (χ3n) is 6.33. The Bertz CT molecular complexity index is 1660. The monoisotopic (exact) mass is 494 g/mol. The van der Waals surface area contributed by atoms with Crippen LogP contribution >= 0.6 is 11.6 Å². The smallest absolute Gasteiger partial charge is 0.0973 e. The van der Waals surface area contributed by atoms with Crippen LogP contribution in [0.4, 0.5) is 0 Å². The lowest BCUT2D eigenvalue weighted by Crippen LogP contribution is -2.01. The summed E-state index contributed by atoms with van der Waals surface area (Å²) in [5.74, 6) is 0. The zero-order valence-corrected chi connectivity index (χ0v) is 20.8. The van der Waals surface area contributed by atoms with Crippen molar-refractivity contribution in [1.29, 1.82) is 0 Å². The third-order valence-corrected chi connectivity index (χ3v) is 6.57. The van der Waals surface area contributed by atoms with Gasteiger partial charge in [0.1, 0.15) is 0 Å². The molecule has 37 heavy (non-hydrogen) atoms. The molecule has 2 nitrogen and oxygen atoms in total. The zero-order valence-electron chi connectivity index (χ0n) is 20.1. The summed E-state index contributed by atoms with van der Waals surface area (Å²) in [5, 5.41) is 0.714. The zero-order chi connectivity index (χ0) is 25.0. The van der Waals surface area contributed by atoms with E-state index in [2.05, 4.69) is 66.7 Å². The summed E-state index contributed by atoms with van der Waals surface area (Å²) in [6, 6.07) is 47.2. The number of nitrogens with zero attached hydrogens (tertiary/aromatic N) is 2. The topological polar surface area (TPSA) is 25.8 Å². The molecule has 176 valence electrons. The van der Waals surface area contributed by atoms with Gasteiger partial charge in [-0.1, -0.05) is 133 Å². The Labute approximate surface area is 221 Å². The predicted molar refractivity (Wildman–Crippen MR) is 154 cm³/mol. The highest BCUT2D eigenvalue weighted by Crippen LogP contribution is 2.38. The summed E-state index contributed by atoms with van der Waals surface area (Å²) in [5.41, 5.74) is 9.63.